The van der Waals surface area contributed by atoms with Gasteiger partial charge in [0.05, 0.1) is 13.7 Å². The molecule has 0 saturated carbocycles. The van der Waals surface area contributed by atoms with Gasteiger partial charge >= 0.3 is 5.97 Å². The van der Waals surface area contributed by atoms with Gasteiger partial charge in [-0.25, -0.2) is 4.79 Å². The molecule has 3 nitrogen and oxygen atoms in total. The molecule has 16 heavy (non-hydrogen) atoms. The number of benzene rings is 1. The first-order chi connectivity index (χ1) is 7.67. The maximum atomic E-state index is 11.0. The van der Waals surface area contributed by atoms with Gasteiger partial charge < -0.3 is 9.47 Å². The topological polar surface area (TPSA) is 35.5 Å². The molecule has 0 radical (unpaired) electrons. The Morgan fingerprint density at radius 1 is 1.50 bits per heavy atom. The molecule has 0 spiro atoms. The molecule has 0 unspecified atom stereocenters. The highest BCUT2D eigenvalue weighted by atomic mass is 79.9. The van der Waals surface area contributed by atoms with Gasteiger partial charge in [0.2, 0.25) is 0 Å². The molecular formula is C12H13BrO3. The molecule has 0 fully saturated rings. The van der Waals surface area contributed by atoms with Crippen molar-refractivity contribution in [3.8, 4) is 5.75 Å². The SMILES string of the molecule is CCOc1ccc(Br)cc1C=CC(=O)OC. The first-order valence-corrected chi connectivity index (χ1v) is 5.65. The van der Waals surface area contributed by atoms with Gasteiger partial charge in [0, 0.05) is 16.1 Å². The standard InChI is InChI=1S/C12H13BrO3/c1-3-16-11-6-5-10(13)8-9(11)4-7-12(14)15-2/h4-8H,3H2,1-2H3. The first kappa shape index (κ1) is 12.8. The molecule has 0 amide bonds. The minimum Gasteiger partial charge on any atom is -0.493 e. The van der Waals surface area contributed by atoms with E-state index in [1.54, 1.807) is 6.08 Å². The number of methoxy groups -OCH3 is 1. The van der Waals surface area contributed by atoms with E-state index in [2.05, 4.69) is 20.7 Å². The van der Waals surface area contributed by atoms with Crippen molar-refractivity contribution in [1.29, 1.82) is 0 Å². The summed E-state index contributed by atoms with van der Waals surface area (Å²) in [6, 6.07) is 5.62. The molecule has 0 heterocycles. The molecule has 0 aromatic heterocycles. The molecule has 1 aromatic rings. The van der Waals surface area contributed by atoms with Gasteiger partial charge in [0.1, 0.15) is 5.75 Å². The van der Waals surface area contributed by atoms with E-state index >= 15 is 0 Å². The molecule has 0 aliphatic carbocycles. The maximum Gasteiger partial charge on any atom is 0.330 e. The zero-order valence-corrected chi connectivity index (χ0v) is 10.8. The fourth-order valence-electron chi connectivity index (χ4n) is 1.16. The minimum absolute atomic E-state index is 0.387. The van der Waals surface area contributed by atoms with Crippen LogP contribution in [0.3, 0.4) is 0 Å². The monoisotopic (exact) mass is 284 g/mol. The van der Waals surface area contributed by atoms with Crippen molar-refractivity contribution in [3.63, 3.8) is 0 Å². The Morgan fingerprint density at radius 3 is 2.88 bits per heavy atom. The Morgan fingerprint density at radius 2 is 2.25 bits per heavy atom. The molecule has 86 valence electrons. The predicted octanol–water partition coefficient (Wildman–Crippen LogP) is 3.03. The van der Waals surface area contributed by atoms with Gasteiger partial charge in [-0.3, -0.25) is 0 Å². The quantitative estimate of drug-likeness (QED) is 0.630. The van der Waals surface area contributed by atoms with E-state index in [4.69, 9.17) is 4.74 Å². The molecule has 0 aliphatic heterocycles. The molecule has 1 aromatic carbocycles. The van der Waals surface area contributed by atoms with Crippen molar-refractivity contribution in [2.75, 3.05) is 13.7 Å². The lowest BCUT2D eigenvalue weighted by molar-refractivity contribution is -0.134. The Kier molecular flexibility index (Phi) is 5.05. The summed E-state index contributed by atoms with van der Waals surface area (Å²) in [6.45, 7) is 2.50. The van der Waals surface area contributed by atoms with Crippen LogP contribution >= 0.6 is 15.9 Å². The lowest BCUT2D eigenvalue weighted by atomic mass is 10.2. The van der Waals surface area contributed by atoms with Gasteiger partial charge in [0.25, 0.3) is 0 Å². The zero-order chi connectivity index (χ0) is 12.0. The summed E-state index contributed by atoms with van der Waals surface area (Å²) in [7, 11) is 1.34. The second-order valence-electron chi connectivity index (χ2n) is 2.97. The largest absolute Gasteiger partial charge is 0.493 e. The van der Waals surface area contributed by atoms with E-state index < -0.39 is 0 Å². The fourth-order valence-corrected chi connectivity index (χ4v) is 1.54. The average Bonchev–Trinajstić information content (AvgIpc) is 2.29. The molecule has 0 aliphatic rings. The molecule has 0 atom stereocenters. The number of esters is 1. The Bertz CT molecular complexity index is 399. The average molecular weight is 285 g/mol. The van der Waals surface area contributed by atoms with Crippen LogP contribution in [-0.2, 0) is 9.53 Å². The van der Waals surface area contributed by atoms with Crippen LogP contribution in [0.5, 0.6) is 5.75 Å². The second kappa shape index (κ2) is 6.33. The molecule has 4 heteroatoms. The molecule has 0 saturated heterocycles. The number of halogens is 1. The summed E-state index contributed by atoms with van der Waals surface area (Å²) in [6.07, 6.45) is 3.03. The molecular weight excluding hydrogens is 272 g/mol. The molecule has 0 bridgehead atoms. The van der Waals surface area contributed by atoms with E-state index in [0.717, 1.165) is 15.8 Å². The van der Waals surface area contributed by atoms with E-state index in [1.807, 2.05) is 25.1 Å². The summed E-state index contributed by atoms with van der Waals surface area (Å²) in [5.41, 5.74) is 0.835. The lowest BCUT2D eigenvalue weighted by Gasteiger charge is -2.07. The zero-order valence-electron chi connectivity index (χ0n) is 9.20. The van der Waals surface area contributed by atoms with Gasteiger partial charge in [-0.1, -0.05) is 15.9 Å². The molecule has 0 N–H and O–H groups in total. The van der Waals surface area contributed by atoms with Crippen molar-refractivity contribution in [3.05, 3.63) is 34.3 Å². The third-order valence-electron chi connectivity index (χ3n) is 1.87. The van der Waals surface area contributed by atoms with E-state index in [0.29, 0.717) is 6.61 Å². The van der Waals surface area contributed by atoms with Crippen molar-refractivity contribution in [1.82, 2.24) is 0 Å². The Labute approximate surface area is 103 Å². The highest BCUT2D eigenvalue weighted by Gasteiger charge is 2.02. The van der Waals surface area contributed by atoms with Crippen LogP contribution in [0.25, 0.3) is 6.08 Å². The van der Waals surface area contributed by atoms with Crippen molar-refractivity contribution in [2.45, 2.75) is 6.92 Å². The third-order valence-corrected chi connectivity index (χ3v) is 2.37. The number of carbonyl (C=O) groups excluding carboxylic acids is 1. The Hall–Kier alpha value is -1.29. The number of ether oxygens (including phenoxy) is 2. The van der Waals surface area contributed by atoms with Crippen LogP contribution in [0.1, 0.15) is 12.5 Å². The summed E-state index contributed by atoms with van der Waals surface area (Å²) in [5, 5.41) is 0. The van der Waals surface area contributed by atoms with Gasteiger partial charge in [0.15, 0.2) is 0 Å². The van der Waals surface area contributed by atoms with Crippen LogP contribution in [0.4, 0.5) is 0 Å². The number of hydrogen-bond donors (Lipinski definition) is 0. The van der Waals surface area contributed by atoms with Crippen LogP contribution in [0.15, 0.2) is 28.7 Å². The highest BCUT2D eigenvalue weighted by Crippen LogP contribution is 2.24. The van der Waals surface area contributed by atoms with E-state index in [1.165, 1.54) is 13.2 Å². The maximum absolute atomic E-state index is 11.0. The second-order valence-corrected chi connectivity index (χ2v) is 3.89. The molecule has 1 rings (SSSR count). The number of rotatable bonds is 4. The predicted molar refractivity (Wildman–Crippen MR) is 66.4 cm³/mol. The number of hydrogen-bond acceptors (Lipinski definition) is 3. The Balaban J connectivity index is 2.95. The summed E-state index contributed by atoms with van der Waals surface area (Å²) < 4.78 is 10.9. The first-order valence-electron chi connectivity index (χ1n) is 4.85. The minimum atomic E-state index is -0.387. The normalized spacial score (nSPS) is 10.4. The lowest BCUT2D eigenvalue weighted by Crippen LogP contribution is -1.96. The fraction of sp³-hybridized carbons (Fsp3) is 0.250. The summed E-state index contributed by atoms with van der Waals surface area (Å²) >= 11 is 3.37. The van der Waals surface area contributed by atoms with Gasteiger partial charge in [-0.2, -0.15) is 0 Å². The van der Waals surface area contributed by atoms with Gasteiger partial charge in [-0.15, -0.1) is 0 Å². The smallest absolute Gasteiger partial charge is 0.330 e. The highest BCUT2D eigenvalue weighted by molar-refractivity contribution is 9.10. The van der Waals surface area contributed by atoms with Crippen molar-refractivity contribution in [2.24, 2.45) is 0 Å². The van der Waals surface area contributed by atoms with Crippen LogP contribution < -0.4 is 4.74 Å². The van der Waals surface area contributed by atoms with Crippen molar-refractivity contribution < 1.29 is 14.3 Å². The van der Waals surface area contributed by atoms with Crippen LogP contribution in [0, 0.1) is 0 Å². The number of carbonyl (C=O) groups is 1. The van der Waals surface area contributed by atoms with Crippen LogP contribution in [0.2, 0.25) is 0 Å². The summed E-state index contributed by atoms with van der Waals surface area (Å²) in [4.78, 5) is 11.0. The van der Waals surface area contributed by atoms with Crippen LogP contribution in [-0.4, -0.2) is 19.7 Å². The summed E-state index contributed by atoms with van der Waals surface area (Å²) in [5.74, 6) is 0.355. The van der Waals surface area contributed by atoms with Crippen molar-refractivity contribution >= 4 is 28.0 Å². The van der Waals surface area contributed by atoms with E-state index in [9.17, 15) is 4.79 Å². The van der Waals surface area contributed by atoms with Gasteiger partial charge in [-0.05, 0) is 31.2 Å². The van der Waals surface area contributed by atoms with E-state index in [-0.39, 0.29) is 5.97 Å². The third kappa shape index (κ3) is 3.70.